The summed E-state index contributed by atoms with van der Waals surface area (Å²) in [4.78, 5) is 2.58. The van der Waals surface area contributed by atoms with E-state index in [9.17, 15) is 0 Å². The zero-order valence-corrected chi connectivity index (χ0v) is 46.6. The Morgan fingerprint density at radius 1 is 0.266 bits per heavy atom. The van der Waals surface area contributed by atoms with Gasteiger partial charge in [0.15, 0.2) is 0 Å². The molecule has 382 valence electrons. The third kappa shape index (κ3) is 7.43. The fraction of sp³-hybridized carbons (Fsp3) is 0.154. The summed E-state index contributed by atoms with van der Waals surface area (Å²) in [6, 6.07) is 94.5. The molecule has 0 bridgehead atoms. The average Bonchev–Trinajstić information content (AvgIpc) is 2.04. The van der Waals surface area contributed by atoms with Crippen LogP contribution in [-0.4, -0.2) is 0 Å². The van der Waals surface area contributed by atoms with Crippen molar-refractivity contribution in [1.82, 2.24) is 0 Å². The van der Waals surface area contributed by atoms with Gasteiger partial charge in [0.1, 0.15) is 0 Å². The van der Waals surface area contributed by atoms with E-state index in [0.29, 0.717) is 0 Å². The quantitative estimate of drug-likeness (QED) is 0.154. The van der Waals surface area contributed by atoms with E-state index in [4.69, 9.17) is 0 Å². The summed E-state index contributed by atoms with van der Waals surface area (Å²) in [6.07, 6.45) is 0. The van der Waals surface area contributed by atoms with E-state index in [1.54, 1.807) is 0 Å². The monoisotopic (exact) mass is 1020 g/mol. The Labute approximate surface area is 467 Å². The number of hydrogen-bond acceptors (Lipinski definition) is 1. The molecule has 0 aliphatic heterocycles. The molecule has 0 saturated carbocycles. The molecule has 79 heavy (non-hydrogen) atoms. The molecule has 0 unspecified atom stereocenters. The molecule has 0 N–H and O–H groups in total. The minimum absolute atomic E-state index is 0.0413. The zero-order chi connectivity index (χ0) is 54.0. The summed E-state index contributed by atoms with van der Waals surface area (Å²) in [5.41, 5.74) is 30.7. The third-order valence-corrected chi connectivity index (χ3v) is 17.8. The normalized spacial score (nSPS) is 14.0. The van der Waals surface area contributed by atoms with E-state index in [1.807, 2.05) is 0 Å². The molecule has 0 saturated heterocycles. The SMILES string of the molecule is CC(C)(C)c1ccc2c(c1)C1(c3ccccc3-c3ccc(-c4ccccc4N(c4ccc(-c5ccccc5)cc4-c4ccccc4)c4ccccc4-c4cccc5c4-c4ccccc4C5(C)C)cc31)c1cc(C(C)(C)C)ccc1-2. The molecule has 11 aromatic rings. The lowest BCUT2D eigenvalue weighted by Crippen LogP contribution is -2.27. The van der Waals surface area contributed by atoms with Gasteiger partial charge in [0.25, 0.3) is 0 Å². The zero-order valence-electron chi connectivity index (χ0n) is 46.6. The standard InChI is InChI=1S/C78H65N/c1-75(2,3)54-40-43-59-60-44-41-55(76(4,5)6)49-70(60)78(69(59)48-54)66-34-20-15-29-57(66)58-42-38-53(47-68(58)78)56-28-17-21-36-71(56)79(73-45-39-52(50-24-11-9-12-25-50)46-64(73)51-26-13-10-14-27-51)72-37-22-18-30-61(72)62-32-23-35-67-74(62)63-31-16-19-33-65(63)77(67,7)8/h9-49H,1-8H3. The highest BCUT2D eigenvalue weighted by atomic mass is 15.1. The van der Waals surface area contributed by atoms with Gasteiger partial charge in [-0.2, -0.15) is 0 Å². The number of anilines is 3. The summed E-state index contributed by atoms with van der Waals surface area (Å²) < 4.78 is 0. The minimum atomic E-state index is -0.540. The summed E-state index contributed by atoms with van der Waals surface area (Å²) >= 11 is 0. The van der Waals surface area contributed by atoms with Crippen molar-refractivity contribution >= 4 is 17.1 Å². The van der Waals surface area contributed by atoms with E-state index >= 15 is 0 Å². The van der Waals surface area contributed by atoms with Crippen LogP contribution in [0, 0.1) is 0 Å². The molecule has 14 rings (SSSR count). The Balaban J connectivity index is 1.05. The minimum Gasteiger partial charge on any atom is -0.309 e. The second-order valence-electron chi connectivity index (χ2n) is 24.8. The van der Waals surface area contributed by atoms with Gasteiger partial charge in [-0.25, -0.2) is 0 Å². The number of benzene rings is 11. The average molecular weight is 1020 g/mol. The number of para-hydroxylation sites is 2. The molecule has 1 spiro atoms. The van der Waals surface area contributed by atoms with Crippen molar-refractivity contribution in [2.45, 2.75) is 77.0 Å². The van der Waals surface area contributed by atoms with Crippen molar-refractivity contribution in [2.75, 3.05) is 4.90 Å². The maximum absolute atomic E-state index is 2.58. The van der Waals surface area contributed by atoms with Crippen LogP contribution in [0.4, 0.5) is 17.1 Å². The van der Waals surface area contributed by atoms with Crippen LogP contribution in [0.2, 0.25) is 0 Å². The third-order valence-electron chi connectivity index (χ3n) is 17.8. The molecule has 1 heteroatoms. The van der Waals surface area contributed by atoms with Gasteiger partial charge in [-0.05, 0) is 147 Å². The molecule has 1 nitrogen and oxygen atoms in total. The van der Waals surface area contributed by atoms with Gasteiger partial charge >= 0.3 is 0 Å². The molecule has 0 aromatic heterocycles. The van der Waals surface area contributed by atoms with Crippen molar-refractivity contribution in [3.63, 3.8) is 0 Å². The number of rotatable bonds is 7. The molecule has 0 atom stereocenters. The first-order valence-electron chi connectivity index (χ1n) is 28.2. The van der Waals surface area contributed by atoms with E-state index in [2.05, 4.69) is 309 Å². The van der Waals surface area contributed by atoms with E-state index in [1.165, 1.54) is 106 Å². The predicted octanol–water partition coefficient (Wildman–Crippen LogP) is 21.1. The van der Waals surface area contributed by atoms with Crippen LogP contribution in [0.5, 0.6) is 0 Å². The van der Waals surface area contributed by atoms with Crippen LogP contribution in [-0.2, 0) is 21.7 Å². The smallest absolute Gasteiger partial charge is 0.0725 e. The highest BCUT2D eigenvalue weighted by Gasteiger charge is 2.52. The van der Waals surface area contributed by atoms with Gasteiger partial charge in [0.2, 0.25) is 0 Å². The van der Waals surface area contributed by atoms with Crippen LogP contribution in [0.25, 0.3) is 77.9 Å². The van der Waals surface area contributed by atoms with Gasteiger partial charge in [0, 0.05) is 22.1 Å². The Kier molecular flexibility index (Phi) is 11.0. The van der Waals surface area contributed by atoms with Crippen LogP contribution in [0.1, 0.15) is 99.9 Å². The van der Waals surface area contributed by atoms with Crippen molar-refractivity contribution < 1.29 is 0 Å². The van der Waals surface area contributed by atoms with Crippen molar-refractivity contribution in [3.05, 3.63) is 293 Å². The molecule has 0 heterocycles. The lowest BCUT2D eigenvalue weighted by Gasteiger charge is -2.34. The van der Waals surface area contributed by atoms with Crippen LogP contribution < -0.4 is 4.90 Å². The largest absolute Gasteiger partial charge is 0.309 e. The van der Waals surface area contributed by atoms with Crippen LogP contribution in [0.15, 0.2) is 249 Å². The number of fused-ring (bicyclic) bond motifs is 13. The Morgan fingerprint density at radius 3 is 1.34 bits per heavy atom. The van der Waals surface area contributed by atoms with Crippen LogP contribution in [0.3, 0.4) is 0 Å². The maximum atomic E-state index is 2.58. The summed E-state index contributed by atoms with van der Waals surface area (Å²) in [6.45, 7) is 18.8. The van der Waals surface area contributed by atoms with Crippen molar-refractivity contribution in [3.8, 4) is 77.9 Å². The van der Waals surface area contributed by atoms with Gasteiger partial charge in [0.05, 0.1) is 22.5 Å². The lowest BCUT2D eigenvalue weighted by atomic mass is 9.68. The topological polar surface area (TPSA) is 3.24 Å². The first-order valence-corrected chi connectivity index (χ1v) is 28.2. The molecule has 0 amide bonds. The highest BCUT2D eigenvalue weighted by Crippen LogP contribution is 2.64. The van der Waals surface area contributed by atoms with E-state index in [-0.39, 0.29) is 16.2 Å². The highest BCUT2D eigenvalue weighted by molar-refractivity contribution is 6.03. The molecular formula is C78H65N. The number of nitrogens with zero attached hydrogens (tertiary/aromatic N) is 1. The molecule has 11 aromatic carbocycles. The van der Waals surface area contributed by atoms with Gasteiger partial charge < -0.3 is 4.90 Å². The summed E-state index contributed by atoms with van der Waals surface area (Å²) in [5, 5.41) is 0. The number of hydrogen-bond donors (Lipinski definition) is 0. The van der Waals surface area contributed by atoms with Crippen molar-refractivity contribution in [1.29, 1.82) is 0 Å². The predicted molar refractivity (Wildman–Crippen MR) is 334 cm³/mol. The lowest BCUT2D eigenvalue weighted by molar-refractivity contribution is 0.586. The fourth-order valence-corrected chi connectivity index (χ4v) is 13.9. The molecule has 3 aliphatic rings. The van der Waals surface area contributed by atoms with E-state index in [0.717, 1.165) is 33.8 Å². The first-order chi connectivity index (χ1) is 38.2. The Bertz CT molecular complexity index is 4170. The first kappa shape index (κ1) is 48.6. The van der Waals surface area contributed by atoms with Gasteiger partial charge in [-0.3, -0.25) is 0 Å². The summed E-state index contributed by atoms with van der Waals surface area (Å²) in [7, 11) is 0. The summed E-state index contributed by atoms with van der Waals surface area (Å²) in [5.74, 6) is 0. The van der Waals surface area contributed by atoms with Crippen LogP contribution >= 0.6 is 0 Å². The molecular weight excluding hydrogens is 951 g/mol. The second kappa shape index (κ2) is 17.9. The van der Waals surface area contributed by atoms with Crippen molar-refractivity contribution in [2.24, 2.45) is 0 Å². The van der Waals surface area contributed by atoms with E-state index < -0.39 is 5.41 Å². The van der Waals surface area contributed by atoms with Gasteiger partial charge in [-0.15, -0.1) is 0 Å². The Morgan fingerprint density at radius 2 is 0.709 bits per heavy atom. The van der Waals surface area contributed by atoms with Gasteiger partial charge in [-0.1, -0.05) is 274 Å². The maximum Gasteiger partial charge on any atom is 0.0725 e. The second-order valence-corrected chi connectivity index (χ2v) is 24.8. The Hall–Kier alpha value is -8.78. The molecule has 0 fully saturated rings. The molecule has 3 aliphatic carbocycles. The molecule has 0 radical (unpaired) electrons. The fourth-order valence-electron chi connectivity index (χ4n) is 13.9.